The van der Waals surface area contributed by atoms with Crippen molar-refractivity contribution in [1.29, 1.82) is 0 Å². The number of halogens is 1. The molecule has 4 aromatic carbocycles. The number of anilines is 1. The molecule has 5 rings (SSSR count). The third-order valence-corrected chi connectivity index (χ3v) is 7.70. The molecule has 0 bridgehead atoms. The first-order valence-corrected chi connectivity index (χ1v) is 14.9. The Labute approximate surface area is 267 Å². The van der Waals surface area contributed by atoms with Crippen LogP contribution >= 0.6 is 11.6 Å². The van der Waals surface area contributed by atoms with E-state index in [1.165, 1.54) is 29.3 Å². The van der Waals surface area contributed by atoms with Crippen molar-refractivity contribution < 1.29 is 28.6 Å². The zero-order chi connectivity index (χ0) is 32.0. The van der Waals surface area contributed by atoms with Gasteiger partial charge < -0.3 is 14.2 Å². The summed E-state index contributed by atoms with van der Waals surface area (Å²) in [5, 5.41) is 2.67. The highest BCUT2D eigenvalue weighted by atomic mass is 35.5. The number of ether oxygens (including phenoxy) is 3. The number of benzene rings is 4. The fraction of sp³-hybridized carbons (Fsp3) is 0.194. The first kappa shape index (κ1) is 31.3. The Kier molecular flexibility index (Phi) is 9.54. The number of carbonyl (C=O) groups is 3. The first-order valence-electron chi connectivity index (χ1n) is 14.5. The minimum absolute atomic E-state index is 0.137. The van der Waals surface area contributed by atoms with E-state index >= 15 is 0 Å². The van der Waals surface area contributed by atoms with Crippen LogP contribution in [0.2, 0.25) is 5.02 Å². The summed E-state index contributed by atoms with van der Waals surface area (Å²) in [4.78, 5) is 39.2. The molecule has 1 N–H and O–H groups in total. The van der Waals surface area contributed by atoms with E-state index in [1.807, 2.05) is 37.3 Å². The van der Waals surface area contributed by atoms with Gasteiger partial charge in [0.1, 0.15) is 24.5 Å². The molecule has 8 nitrogen and oxygen atoms in total. The highest BCUT2D eigenvalue weighted by Gasteiger charge is 2.36. The van der Waals surface area contributed by atoms with Crippen LogP contribution in [0.3, 0.4) is 0 Å². The zero-order valence-electron chi connectivity index (χ0n) is 25.2. The number of hydrogen-bond acceptors (Lipinski definition) is 6. The maximum Gasteiger partial charge on any atom is 0.335 e. The molecular weight excluding hydrogens is 592 g/mol. The smallest absolute Gasteiger partial charge is 0.335 e. The highest BCUT2D eigenvalue weighted by Crippen LogP contribution is 2.33. The topological polar surface area (TPSA) is 94.2 Å². The Bertz CT molecular complexity index is 1720. The van der Waals surface area contributed by atoms with Crippen LogP contribution in [-0.2, 0) is 15.0 Å². The summed E-state index contributed by atoms with van der Waals surface area (Å²) in [5.41, 5.74) is 2.89. The van der Waals surface area contributed by atoms with Crippen molar-refractivity contribution in [2.45, 2.75) is 26.2 Å². The standard InChI is InChI=1S/C36H33ClN2O6/c1-4-43-32-23-24(22-30-33(40)38-35(42)39(34(30)41)28-15-13-27(37)14-16-28)10-19-31(32)45-21-20-44-29-17-11-26(12-18-29)36(2,3)25-8-6-5-7-9-25/h5-19,22-23H,4,20-21H2,1-3H3,(H,38,40,42). The van der Waals surface area contributed by atoms with Gasteiger partial charge in [0.2, 0.25) is 0 Å². The minimum Gasteiger partial charge on any atom is -0.490 e. The fourth-order valence-corrected chi connectivity index (χ4v) is 5.08. The molecule has 9 heteroatoms. The molecule has 1 aliphatic heterocycles. The lowest BCUT2D eigenvalue weighted by molar-refractivity contribution is -0.122. The third-order valence-electron chi connectivity index (χ3n) is 7.45. The maximum absolute atomic E-state index is 13.2. The van der Waals surface area contributed by atoms with Crippen LogP contribution in [0.1, 0.15) is 37.5 Å². The average Bonchev–Trinajstić information content (AvgIpc) is 3.04. The van der Waals surface area contributed by atoms with Gasteiger partial charge in [0.15, 0.2) is 11.5 Å². The molecule has 1 aliphatic rings. The normalized spacial score (nSPS) is 14.4. The molecule has 0 aliphatic carbocycles. The summed E-state index contributed by atoms with van der Waals surface area (Å²) in [6, 6.07) is 28.8. The van der Waals surface area contributed by atoms with E-state index < -0.39 is 17.8 Å². The van der Waals surface area contributed by atoms with Crippen LogP contribution in [0.5, 0.6) is 17.2 Å². The van der Waals surface area contributed by atoms with E-state index in [1.54, 1.807) is 30.3 Å². The Hall–Kier alpha value is -5.08. The van der Waals surface area contributed by atoms with E-state index in [0.29, 0.717) is 35.3 Å². The van der Waals surface area contributed by atoms with Crippen molar-refractivity contribution in [3.8, 4) is 17.2 Å². The molecule has 0 atom stereocenters. The van der Waals surface area contributed by atoms with Crippen molar-refractivity contribution >= 4 is 41.2 Å². The second-order valence-electron chi connectivity index (χ2n) is 10.8. The number of barbiturate groups is 1. The van der Waals surface area contributed by atoms with Gasteiger partial charge in [0, 0.05) is 10.4 Å². The molecule has 4 amide bonds. The number of imide groups is 2. The van der Waals surface area contributed by atoms with Crippen LogP contribution in [0, 0.1) is 0 Å². The summed E-state index contributed by atoms with van der Waals surface area (Å²) in [6.45, 7) is 7.18. The molecule has 0 saturated carbocycles. The van der Waals surface area contributed by atoms with Crippen LogP contribution in [0.15, 0.2) is 103 Å². The number of rotatable bonds is 11. The van der Waals surface area contributed by atoms with E-state index in [0.717, 1.165) is 10.6 Å². The Morgan fingerprint density at radius 2 is 1.44 bits per heavy atom. The van der Waals surface area contributed by atoms with E-state index in [-0.39, 0.29) is 23.3 Å². The Morgan fingerprint density at radius 1 is 0.778 bits per heavy atom. The quantitative estimate of drug-likeness (QED) is 0.108. The van der Waals surface area contributed by atoms with Crippen LogP contribution in [0.4, 0.5) is 10.5 Å². The van der Waals surface area contributed by atoms with Crippen molar-refractivity contribution in [2.75, 3.05) is 24.7 Å². The molecule has 1 heterocycles. The lowest BCUT2D eigenvalue weighted by Crippen LogP contribution is -2.54. The van der Waals surface area contributed by atoms with Gasteiger partial charge >= 0.3 is 6.03 Å². The van der Waals surface area contributed by atoms with Gasteiger partial charge in [-0.1, -0.05) is 74.0 Å². The lowest BCUT2D eigenvalue weighted by Gasteiger charge is -2.26. The number of amides is 4. The molecule has 230 valence electrons. The summed E-state index contributed by atoms with van der Waals surface area (Å²) < 4.78 is 17.6. The largest absolute Gasteiger partial charge is 0.490 e. The molecule has 0 unspecified atom stereocenters. The van der Waals surface area contributed by atoms with Crippen LogP contribution < -0.4 is 24.4 Å². The Balaban J connectivity index is 1.23. The summed E-state index contributed by atoms with van der Waals surface area (Å²) >= 11 is 5.94. The monoisotopic (exact) mass is 624 g/mol. The molecule has 0 spiro atoms. The van der Waals surface area contributed by atoms with Gasteiger partial charge in [0.25, 0.3) is 11.8 Å². The second kappa shape index (κ2) is 13.7. The van der Waals surface area contributed by atoms with Crippen LogP contribution in [0.25, 0.3) is 6.08 Å². The van der Waals surface area contributed by atoms with Crippen molar-refractivity contribution in [3.63, 3.8) is 0 Å². The van der Waals surface area contributed by atoms with Crippen molar-refractivity contribution in [3.05, 3.63) is 124 Å². The Morgan fingerprint density at radius 3 is 2.13 bits per heavy atom. The summed E-state index contributed by atoms with van der Waals surface area (Å²) in [6.07, 6.45) is 1.41. The number of nitrogens with zero attached hydrogens (tertiary/aromatic N) is 1. The number of carbonyl (C=O) groups excluding carboxylic acids is 3. The maximum atomic E-state index is 13.2. The molecule has 45 heavy (non-hydrogen) atoms. The lowest BCUT2D eigenvalue weighted by atomic mass is 9.78. The van der Waals surface area contributed by atoms with Crippen molar-refractivity contribution in [1.82, 2.24) is 5.32 Å². The molecular formula is C36H33ClN2O6. The molecule has 0 radical (unpaired) electrons. The van der Waals surface area contributed by atoms with Gasteiger partial charge in [-0.2, -0.15) is 0 Å². The first-order chi connectivity index (χ1) is 21.7. The molecule has 4 aromatic rings. The van der Waals surface area contributed by atoms with Crippen molar-refractivity contribution in [2.24, 2.45) is 0 Å². The number of urea groups is 1. The van der Waals surface area contributed by atoms with E-state index in [2.05, 4.69) is 43.4 Å². The predicted octanol–water partition coefficient (Wildman–Crippen LogP) is 7.19. The third kappa shape index (κ3) is 7.19. The second-order valence-corrected chi connectivity index (χ2v) is 11.2. The summed E-state index contributed by atoms with van der Waals surface area (Å²) in [7, 11) is 0. The van der Waals surface area contributed by atoms with E-state index in [4.69, 9.17) is 25.8 Å². The SMILES string of the molecule is CCOc1cc(C=C2C(=O)NC(=O)N(c3ccc(Cl)cc3)C2=O)ccc1OCCOc1ccc(C(C)(C)c2ccccc2)cc1. The van der Waals surface area contributed by atoms with Gasteiger partial charge in [-0.25, -0.2) is 9.69 Å². The highest BCUT2D eigenvalue weighted by molar-refractivity contribution is 6.39. The predicted molar refractivity (Wildman–Crippen MR) is 174 cm³/mol. The number of hydrogen-bond donors (Lipinski definition) is 1. The minimum atomic E-state index is -0.836. The average molecular weight is 625 g/mol. The van der Waals surface area contributed by atoms with Gasteiger partial charge in [-0.05, 0) is 78.2 Å². The van der Waals surface area contributed by atoms with Crippen LogP contribution in [-0.4, -0.2) is 37.7 Å². The van der Waals surface area contributed by atoms with Gasteiger partial charge in [0.05, 0.1) is 12.3 Å². The molecule has 0 aromatic heterocycles. The zero-order valence-corrected chi connectivity index (χ0v) is 26.0. The van der Waals surface area contributed by atoms with Gasteiger partial charge in [-0.15, -0.1) is 0 Å². The fourth-order valence-electron chi connectivity index (χ4n) is 4.95. The number of nitrogens with one attached hydrogen (secondary N) is 1. The summed E-state index contributed by atoms with van der Waals surface area (Å²) in [5.74, 6) is 0.119. The van der Waals surface area contributed by atoms with E-state index in [9.17, 15) is 14.4 Å². The molecule has 1 saturated heterocycles. The van der Waals surface area contributed by atoms with Gasteiger partial charge in [-0.3, -0.25) is 14.9 Å². The molecule has 1 fully saturated rings.